The summed E-state index contributed by atoms with van der Waals surface area (Å²) in [4.78, 5) is 21.5. The lowest BCUT2D eigenvalue weighted by atomic mass is 10.1. The first-order chi connectivity index (χ1) is 10.1. The SMILES string of the molecule is NNC(=O)COc1ccc2ccc(OCC(=O)O)cc2c1. The maximum atomic E-state index is 11.0. The Kier molecular flexibility index (Phi) is 4.57. The molecule has 0 heterocycles. The predicted octanol–water partition coefficient (Wildman–Crippen LogP) is 0.672. The van der Waals surface area contributed by atoms with Crippen LogP contribution in [0, 0.1) is 0 Å². The highest BCUT2D eigenvalue weighted by atomic mass is 16.5. The lowest BCUT2D eigenvalue weighted by Gasteiger charge is -2.08. The molecule has 7 nitrogen and oxygen atoms in total. The second-order valence-electron chi connectivity index (χ2n) is 4.21. The molecule has 2 rings (SSSR count). The summed E-state index contributed by atoms with van der Waals surface area (Å²) in [5, 5.41) is 10.3. The van der Waals surface area contributed by atoms with Crippen LogP contribution in [0.15, 0.2) is 36.4 Å². The Morgan fingerprint density at radius 3 is 2.10 bits per heavy atom. The topological polar surface area (TPSA) is 111 Å². The lowest BCUT2D eigenvalue weighted by Crippen LogP contribution is -2.34. The average Bonchev–Trinajstić information content (AvgIpc) is 2.49. The molecule has 0 saturated carbocycles. The van der Waals surface area contributed by atoms with Gasteiger partial charge in [-0.25, -0.2) is 10.6 Å². The number of hydrazine groups is 1. The summed E-state index contributed by atoms with van der Waals surface area (Å²) in [5.41, 5.74) is 1.97. The summed E-state index contributed by atoms with van der Waals surface area (Å²) in [6.45, 7) is -0.588. The highest BCUT2D eigenvalue weighted by molar-refractivity contribution is 5.85. The molecule has 110 valence electrons. The maximum absolute atomic E-state index is 11.0. The molecule has 0 saturated heterocycles. The summed E-state index contributed by atoms with van der Waals surface area (Å²) in [6.07, 6.45) is 0. The highest BCUT2D eigenvalue weighted by Crippen LogP contribution is 2.25. The molecule has 0 atom stereocenters. The molecule has 2 aromatic rings. The number of aliphatic carboxylic acids is 1. The number of hydrogen-bond donors (Lipinski definition) is 3. The van der Waals surface area contributed by atoms with Crippen molar-refractivity contribution in [2.75, 3.05) is 13.2 Å². The van der Waals surface area contributed by atoms with Gasteiger partial charge in [-0.3, -0.25) is 10.2 Å². The number of carbonyl (C=O) groups excluding carboxylic acids is 1. The fourth-order valence-corrected chi connectivity index (χ4v) is 1.72. The largest absolute Gasteiger partial charge is 0.484 e. The summed E-state index contributed by atoms with van der Waals surface area (Å²) in [6, 6.07) is 10.5. The van der Waals surface area contributed by atoms with Crippen LogP contribution in [0.2, 0.25) is 0 Å². The van der Waals surface area contributed by atoms with Crippen LogP contribution in [0.5, 0.6) is 11.5 Å². The van der Waals surface area contributed by atoms with Crippen LogP contribution in [0.3, 0.4) is 0 Å². The smallest absolute Gasteiger partial charge is 0.341 e. The normalized spacial score (nSPS) is 10.1. The molecule has 4 N–H and O–H groups in total. The summed E-state index contributed by atoms with van der Waals surface area (Å²) in [7, 11) is 0. The van der Waals surface area contributed by atoms with E-state index in [2.05, 4.69) is 0 Å². The van der Waals surface area contributed by atoms with Gasteiger partial charge in [0.25, 0.3) is 5.91 Å². The molecule has 0 radical (unpaired) electrons. The van der Waals surface area contributed by atoms with E-state index in [9.17, 15) is 9.59 Å². The van der Waals surface area contributed by atoms with Gasteiger partial charge >= 0.3 is 5.97 Å². The molecule has 0 unspecified atom stereocenters. The van der Waals surface area contributed by atoms with Gasteiger partial charge in [-0.1, -0.05) is 12.1 Å². The molecule has 0 fully saturated rings. The molecule has 0 spiro atoms. The first-order valence-corrected chi connectivity index (χ1v) is 6.09. The highest BCUT2D eigenvalue weighted by Gasteiger charge is 2.04. The van der Waals surface area contributed by atoms with Gasteiger partial charge in [0.2, 0.25) is 0 Å². The second-order valence-corrected chi connectivity index (χ2v) is 4.21. The van der Waals surface area contributed by atoms with Gasteiger partial charge < -0.3 is 14.6 Å². The van der Waals surface area contributed by atoms with Crippen LogP contribution in [0.25, 0.3) is 10.8 Å². The third-order valence-corrected chi connectivity index (χ3v) is 2.68. The quantitative estimate of drug-likeness (QED) is 0.410. The molecule has 21 heavy (non-hydrogen) atoms. The number of rotatable bonds is 6. The monoisotopic (exact) mass is 290 g/mol. The number of fused-ring (bicyclic) bond motifs is 1. The number of nitrogens with one attached hydrogen (secondary N) is 1. The molecule has 0 aromatic heterocycles. The van der Waals surface area contributed by atoms with Crippen molar-refractivity contribution in [3.05, 3.63) is 36.4 Å². The van der Waals surface area contributed by atoms with Gasteiger partial charge in [-0.2, -0.15) is 0 Å². The number of benzene rings is 2. The molecule has 7 heteroatoms. The zero-order chi connectivity index (χ0) is 15.2. The second kappa shape index (κ2) is 6.58. The minimum atomic E-state index is -1.04. The van der Waals surface area contributed by atoms with E-state index in [1.807, 2.05) is 17.6 Å². The number of carboxylic acids is 1. The standard InChI is InChI=1S/C14H14N2O5/c15-16-13(17)7-20-11-3-1-9-2-4-12(6-10(9)5-11)21-8-14(18)19/h1-6H,7-8,15H2,(H,16,17)(H,18,19). The van der Waals surface area contributed by atoms with Gasteiger partial charge in [0.05, 0.1) is 0 Å². The van der Waals surface area contributed by atoms with Crippen LogP contribution in [0.4, 0.5) is 0 Å². The summed E-state index contributed by atoms with van der Waals surface area (Å²) < 4.78 is 10.4. The Morgan fingerprint density at radius 1 is 1.00 bits per heavy atom. The zero-order valence-electron chi connectivity index (χ0n) is 11.0. The van der Waals surface area contributed by atoms with Crippen molar-refractivity contribution < 1.29 is 24.2 Å². The molecule has 0 aliphatic heterocycles. The van der Waals surface area contributed by atoms with E-state index < -0.39 is 18.5 Å². The van der Waals surface area contributed by atoms with Crippen LogP contribution in [-0.4, -0.2) is 30.2 Å². The maximum Gasteiger partial charge on any atom is 0.341 e. The van der Waals surface area contributed by atoms with E-state index >= 15 is 0 Å². The van der Waals surface area contributed by atoms with E-state index in [0.717, 1.165) is 10.8 Å². The minimum Gasteiger partial charge on any atom is -0.484 e. The third-order valence-electron chi connectivity index (χ3n) is 2.68. The van der Waals surface area contributed by atoms with E-state index in [-0.39, 0.29) is 6.61 Å². The summed E-state index contributed by atoms with van der Waals surface area (Å²) in [5.74, 6) is 4.43. The van der Waals surface area contributed by atoms with Crippen molar-refractivity contribution in [2.45, 2.75) is 0 Å². The van der Waals surface area contributed by atoms with E-state index in [1.165, 1.54) is 0 Å². The van der Waals surface area contributed by atoms with Crippen molar-refractivity contribution in [1.29, 1.82) is 0 Å². The van der Waals surface area contributed by atoms with E-state index in [1.54, 1.807) is 24.3 Å². The predicted molar refractivity (Wildman–Crippen MR) is 74.9 cm³/mol. The zero-order valence-corrected chi connectivity index (χ0v) is 11.0. The molecular formula is C14H14N2O5. The Labute approximate surface area is 120 Å². The fraction of sp³-hybridized carbons (Fsp3) is 0.143. The van der Waals surface area contributed by atoms with Crippen molar-refractivity contribution >= 4 is 22.6 Å². The van der Waals surface area contributed by atoms with Crippen LogP contribution in [-0.2, 0) is 9.59 Å². The Bertz CT molecular complexity index is 671. The van der Waals surface area contributed by atoms with Crippen molar-refractivity contribution in [3.63, 3.8) is 0 Å². The van der Waals surface area contributed by atoms with Gasteiger partial charge in [0.1, 0.15) is 11.5 Å². The molecule has 2 aromatic carbocycles. The van der Waals surface area contributed by atoms with E-state index in [4.69, 9.17) is 20.4 Å². The van der Waals surface area contributed by atoms with Crippen molar-refractivity contribution in [3.8, 4) is 11.5 Å². The van der Waals surface area contributed by atoms with Gasteiger partial charge in [-0.05, 0) is 35.0 Å². The molecule has 1 amide bonds. The van der Waals surface area contributed by atoms with Crippen LogP contribution >= 0.6 is 0 Å². The Balaban J connectivity index is 2.15. The van der Waals surface area contributed by atoms with Crippen molar-refractivity contribution in [1.82, 2.24) is 5.43 Å². The lowest BCUT2D eigenvalue weighted by molar-refractivity contribution is -0.139. The number of amides is 1. The van der Waals surface area contributed by atoms with Gasteiger partial charge in [0, 0.05) is 0 Å². The number of hydrogen-bond acceptors (Lipinski definition) is 5. The fourth-order valence-electron chi connectivity index (χ4n) is 1.72. The average molecular weight is 290 g/mol. The van der Waals surface area contributed by atoms with Crippen LogP contribution < -0.4 is 20.7 Å². The molecular weight excluding hydrogens is 276 g/mol. The van der Waals surface area contributed by atoms with Gasteiger partial charge in [0.15, 0.2) is 13.2 Å². The Morgan fingerprint density at radius 2 is 1.57 bits per heavy atom. The number of nitrogens with two attached hydrogens (primary N) is 1. The molecule has 0 aliphatic carbocycles. The van der Waals surface area contributed by atoms with Crippen molar-refractivity contribution in [2.24, 2.45) is 5.84 Å². The first kappa shape index (κ1) is 14.6. The number of carbonyl (C=O) groups is 2. The molecule has 0 bridgehead atoms. The number of ether oxygens (including phenoxy) is 2. The number of carboxylic acid groups (broad SMARTS) is 1. The minimum absolute atomic E-state index is 0.183. The third kappa shape index (κ3) is 4.08. The van der Waals surface area contributed by atoms with Gasteiger partial charge in [-0.15, -0.1) is 0 Å². The summed E-state index contributed by atoms with van der Waals surface area (Å²) >= 11 is 0. The van der Waals surface area contributed by atoms with Crippen LogP contribution in [0.1, 0.15) is 0 Å². The molecule has 0 aliphatic rings. The van der Waals surface area contributed by atoms with E-state index in [0.29, 0.717) is 11.5 Å². The Hall–Kier alpha value is -2.80. The first-order valence-electron chi connectivity index (χ1n) is 6.09.